The van der Waals surface area contributed by atoms with Gasteiger partial charge >= 0.3 is 0 Å². The quantitative estimate of drug-likeness (QED) is 0.622. The molecule has 0 saturated heterocycles. The van der Waals surface area contributed by atoms with Crippen molar-refractivity contribution in [2.45, 2.75) is 12.3 Å². The van der Waals surface area contributed by atoms with Crippen LogP contribution in [-0.2, 0) is 9.59 Å². The largest absolute Gasteiger partial charge is 0.357 e. The minimum absolute atomic E-state index is 0.0805. The van der Waals surface area contributed by atoms with Gasteiger partial charge in [0.15, 0.2) is 0 Å². The molecule has 0 aliphatic carbocycles. The Morgan fingerprint density at radius 2 is 2.04 bits per heavy atom. The van der Waals surface area contributed by atoms with Crippen LogP contribution in [0.25, 0.3) is 0 Å². The number of carbonyl (C=O) groups is 3. The van der Waals surface area contributed by atoms with Crippen LogP contribution in [-0.4, -0.2) is 22.7 Å². The third-order valence-electron chi connectivity index (χ3n) is 3.51. The van der Waals surface area contributed by atoms with Crippen molar-refractivity contribution in [1.82, 2.24) is 15.8 Å². The standard InChI is InChI=1S/C15H13FN4O3/c16-8-3-4-9-10(7-13(21)18-12(9)6-8)14(22)19-20-15(23)11-2-1-5-17-11/h1-6,10,17H,7H2,(H,18,21)(H,19,22)(H,20,23)/t10-/m1/s1. The van der Waals surface area contributed by atoms with E-state index in [4.69, 9.17) is 0 Å². The zero-order valence-electron chi connectivity index (χ0n) is 11.9. The van der Waals surface area contributed by atoms with Gasteiger partial charge in [-0.3, -0.25) is 25.2 Å². The first kappa shape index (κ1) is 14.8. The van der Waals surface area contributed by atoms with Gasteiger partial charge in [-0.1, -0.05) is 6.07 Å². The van der Waals surface area contributed by atoms with Crippen LogP contribution in [0.15, 0.2) is 36.5 Å². The number of hydrogen-bond donors (Lipinski definition) is 4. The second-order valence-corrected chi connectivity index (χ2v) is 5.06. The average Bonchev–Trinajstić information content (AvgIpc) is 3.05. The summed E-state index contributed by atoms with van der Waals surface area (Å²) in [6.45, 7) is 0. The number of aromatic amines is 1. The van der Waals surface area contributed by atoms with Gasteiger partial charge in [0.05, 0.1) is 5.92 Å². The number of anilines is 1. The van der Waals surface area contributed by atoms with Crippen LogP contribution < -0.4 is 16.2 Å². The third kappa shape index (κ3) is 3.05. The molecular weight excluding hydrogens is 303 g/mol. The highest BCUT2D eigenvalue weighted by atomic mass is 19.1. The number of hydrazine groups is 1. The Kier molecular flexibility index (Phi) is 3.80. The number of amides is 3. The summed E-state index contributed by atoms with van der Waals surface area (Å²) in [5.41, 5.74) is 5.59. The first-order valence-electron chi connectivity index (χ1n) is 6.87. The van der Waals surface area contributed by atoms with Crippen molar-refractivity contribution in [3.05, 3.63) is 53.6 Å². The average molecular weight is 316 g/mol. The van der Waals surface area contributed by atoms with E-state index in [0.717, 1.165) is 6.07 Å². The molecule has 8 heteroatoms. The predicted molar refractivity (Wildman–Crippen MR) is 78.8 cm³/mol. The minimum Gasteiger partial charge on any atom is -0.357 e. The Hall–Kier alpha value is -3.16. The van der Waals surface area contributed by atoms with Gasteiger partial charge in [-0.2, -0.15) is 0 Å². The van der Waals surface area contributed by atoms with Gasteiger partial charge in [0.1, 0.15) is 11.5 Å². The fourth-order valence-electron chi connectivity index (χ4n) is 2.42. The van der Waals surface area contributed by atoms with Gasteiger partial charge in [-0.25, -0.2) is 4.39 Å². The van der Waals surface area contributed by atoms with Crippen molar-refractivity contribution < 1.29 is 18.8 Å². The molecule has 2 aromatic rings. The smallest absolute Gasteiger partial charge is 0.286 e. The Balaban J connectivity index is 1.73. The molecule has 1 aliphatic rings. The van der Waals surface area contributed by atoms with Gasteiger partial charge in [-0.05, 0) is 29.8 Å². The number of nitrogens with one attached hydrogen (secondary N) is 4. The molecule has 0 unspecified atom stereocenters. The molecule has 7 nitrogen and oxygen atoms in total. The third-order valence-corrected chi connectivity index (χ3v) is 3.51. The number of fused-ring (bicyclic) bond motifs is 1. The fourth-order valence-corrected chi connectivity index (χ4v) is 2.42. The van der Waals surface area contributed by atoms with E-state index in [0.29, 0.717) is 5.56 Å². The normalized spacial score (nSPS) is 16.2. The molecule has 118 valence electrons. The van der Waals surface area contributed by atoms with Crippen molar-refractivity contribution in [2.75, 3.05) is 5.32 Å². The molecule has 3 rings (SSSR count). The molecule has 2 heterocycles. The molecule has 3 amide bonds. The number of hydrogen-bond acceptors (Lipinski definition) is 3. The summed E-state index contributed by atoms with van der Waals surface area (Å²) >= 11 is 0. The number of H-pyrrole nitrogens is 1. The molecule has 1 aromatic carbocycles. The molecule has 0 fully saturated rings. The van der Waals surface area contributed by atoms with Gasteiger partial charge in [-0.15, -0.1) is 0 Å². The Labute approximate surface area is 130 Å². The van der Waals surface area contributed by atoms with Crippen LogP contribution in [0.3, 0.4) is 0 Å². The van der Waals surface area contributed by atoms with E-state index in [1.165, 1.54) is 12.1 Å². The van der Waals surface area contributed by atoms with E-state index < -0.39 is 23.5 Å². The van der Waals surface area contributed by atoms with Crippen molar-refractivity contribution in [2.24, 2.45) is 0 Å². The predicted octanol–water partition coefficient (Wildman–Crippen LogP) is 1.04. The Morgan fingerprint density at radius 3 is 2.78 bits per heavy atom. The fraction of sp³-hybridized carbons (Fsp3) is 0.133. The number of rotatable bonds is 2. The molecule has 4 N–H and O–H groups in total. The second kappa shape index (κ2) is 5.91. The summed E-state index contributed by atoms with van der Waals surface area (Å²) in [6.07, 6.45) is 1.50. The summed E-state index contributed by atoms with van der Waals surface area (Å²) in [6, 6.07) is 7.01. The second-order valence-electron chi connectivity index (χ2n) is 5.06. The summed E-state index contributed by atoms with van der Waals surface area (Å²) in [5, 5.41) is 2.52. The van der Waals surface area contributed by atoms with Crippen LogP contribution in [0, 0.1) is 5.82 Å². The number of halogens is 1. The van der Waals surface area contributed by atoms with E-state index in [2.05, 4.69) is 21.2 Å². The topological polar surface area (TPSA) is 103 Å². The lowest BCUT2D eigenvalue weighted by molar-refractivity contribution is -0.126. The lowest BCUT2D eigenvalue weighted by Crippen LogP contribution is -2.45. The summed E-state index contributed by atoms with van der Waals surface area (Å²) in [5.74, 6) is -2.76. The molecule has 0 spiro atoms. The van der Waals surface area contributed by atoms with E-state index in [9.17, 15) is 18.8 Å². The van der Waals surface area contributed by atoms with Crippen LogP contribution in [0.2, 0.25) is 0 Å². The molecule has 1 aromatic heterocycles. The molecular formula is C15H13FN4O3. The maximum absolute atomic E-state index is 13.2. The molecule has 0 radical (unpaired) electrons. The zero-order chi connectivity index (χ0) is 16.4. The highest BCUT2D eigenvalue weighted by Crippen LogP contribution is 2.32. The monoisotopic (exact) mass is 316 g/mol. The number of carbonyl (C=O) groups excluding carboxylic acids is 3. The van der Waals surface area contributed by atoms with Crippen molar-refractivity contribution in [1.29, 1.82) is 0 Å². The van der Waals surface area contributed by atoms with Crippen LogP contribution in [0.4, 0.5) is 10.1 Å². The highest BCUT2D eigenvalue weighted by molar-refractivity contribution is 6.02. The first-order valence-corrected chi connectivity index (χ1v) is 6.87. The molecule has 1 atom stereocenters. The van der Waals surface area contributed by atoms with Crippen LogP contribution in [0.1, 0.15) is 28.4 Å². The summed E-state index contributed by atoms with van der Waals surface area (Å²) in [7, 11) is 0. The molecule has 23 heavy (non-hydrogen) atoms. The maximum Gasteiger partial charge on any atom is 0.286 e. The van der Waals surface area contributed by atoms with E-state index in [1.807, 2.05) is 0 Å². The molecule has 0 bridgehead atoms. The van der Waals surface area contributed by atoms with Crippen LogP contribution >= 0.6 is 0 Å². The summed E-state index contributed by atoms with van der Waals surface area (Å²) in [4.78, 5) is 38.4. The van der Waals surface area contributed by atoms with Crippen LogP contribution in [0.5, 0.6) is 0 Å². The number of aromatic nitrogens is 1. The minimum atomic E-state index is -0.803. The Bertz CT molecular complexity index is 773. The van der Waals surface area contributed by atoms with E-state index >= 15 is 0 Å². The van der Waals surface area contributed by atoms with E-state index in [-0.39, 0.29) is 23.7 Å². The molecule has 1 aliphatic heterocycles. The lowest BCUT2D eigenvalue weighted by atomic mass is 9.90. The SMILES string of the molecule is O=C1C[C@@H](C(=O)NNC(=O)c2ccc[nH]2)c2ccc(F)cc2N1. The maximum atomic E-state index is 13.2. The van der Waals surface area contributed by atoms with Crippen molar-refractivity contribution >= 4 is 23.4 Å². The zero-order valence-corrected chi connectivity index (χ0v) is 11.9. The van der Waals surface area contributed by atoms with Gasteiger partial charge in [0, 0.05) is 18.3 Å². The van der Waals surface area contributed by atoms with Crippen molar-refractivity contribution in [3.63, 3.8) is 0 Å². The number of benzene rings is 1. The molecule has 0 saturated carbocycles. The van der Waals surface area contributed by atoms with Gasteiger partial charge in [0.2, 0.25) is 11.8 Å². The first-order chi connectivity index (χ1) is 11.0. The van der Waals surface area contributed by atoms with Gasteiger partial charge in [0.25, 0.3) is 5.91 Å². The highest BCUT2D eigenvalue weighted by Gasteiger charge is 2.31. The van der Waals surface area contributed by atoms with E-state index in [1.54, 1.807) is 18.3 Å². The lowest BCUT2D eigenvalue weighted by Gasteiger charge is -2.24. The Morgan fingerprint density at radius 1 is 1.22 bits per heavy atom. The summed E-state index contributed by atoms with van der Waals surface area (Å²) < 4.78 is 13.2. The van der Waals surface area contributed by atoms with Gasteiger partial charge < -0.3 is 10.3 Å². The van der Waals surface area contributed by atoms with Crippen molar-refractivity contribution in [3.8, 4) is 0 Å².